The van der Waals surface area contributed by atoms with Crippen molar-refractivity contribution >= 4 is 21.8 Å². The number of amides is 2. The second-order valence-electron chi connectivity index (χ2n) is 8.82. The molecule has 1 aromatic rings. The Labute approximate surface area is 189 Å². The van der Waals surface area contributed by atoms with Crippen LogP contribution in [0.3, 0.4) is 0 Å². The lowest BCUT2D eigenvalue weighted by atomic mass is 10.0. The van der Waals surface area contributed by atoms with Gasteiger partial charge in [0.15, 0.2) is 0 Å². The van der Waals surface area contributed by atoms with Gasteiger partial charge < -0.3 is 9.80 Å². The molecule has 2 aliphatic rings. The molecule has 0 unspecified atom stereocenters. The predicted octanol–water partition coefficient (Wildman–Crippen LogP) is 1.29. The molecule has 0 aromatic heterocycles. The van der Waals surface area contributed by atoms with E-state index in [-0.39, 0.29) is 17.7 Å². The molecule has 3 rings (SSSR count). The van der Waals surface area contributed by atoms with Gasteiger partial charge in [0.25, 0.3) is 0 Å². The predicted molar refractivity (Wildman–Crippen MR) is 119 cm³/mol. The SMILES string of the molecule is CC(C)[C@H](NS(=O)(=O)c1ccccc1F)C(=O)N1CCN(CC(=O)N2CCCCC2)CC1. The van der Waals surface area contributed by atoms with Crippen LogP contribution >= 0.6 is 0 Å². The lowest BCUT2D eigenvalue weighted by Crippen LogP contribution is -2.57. The zero-order valence-corrected chi connectivity index (χ0v) is 19.6. The number of piperazine rings is 1. The number of hydrogen-bond donors (Lipinski definition) is 1. The highest BCUT2D eigenvalue weighted by molar-refractivity contribution is 7.89. The summed E-state index contributed by atoms with van der Waals surface area (Å²) in [6.07, 6.45) is 3.27. The van der Waals surface area contributed by atoms with E-state index in [1.165, 1.54) is 24.6 Å². The molecule has 178 valence electrons. The van der Waals surface area contributed by atoms with E-state index in [1.807, 2.05) is 9.80 Å². The monoisotopic (exact) mass is 468 g/mol. The lowest BCUT2D eigenvalue weighted by molar-refractivity contribution is -0.137. The number of benzene rings is 1. The molecule has 1 N–H and O–H groups in total. The van der Waals surface area contributed by atoms with Gasteiger partial charge in [0.1, 0.15) is 16.8 Å². The fourth-order valence-corrected chi connectivity index (χ4v) is 5.54. The lowest BCUT2D eigenvalue weighted by Gasteiger charge is -2.38. The van der Waals surface area contributed by atoms with Crippen molar-refractivity contribution in [1.29, 1.82) is 0 Å². The molecule has 0 radical (unpaired) electrons. The van der Waals surface area contributed by atoms with E-state index in [4.69, 9.17) is 0 Å². The average Bonchev–Trinajstić information content (AvgIpc) is 2.78. The zero-order chi connectivity index (χ0) is 23.3. The van der Waals surface area contributed by atoms with Gasteiger partial charge in [0.05, 0.1) is 6.54 Å². The third kappa shape index (κ3) is 6.05. The smallest absolute Gasteiger partial charge is 0.244 e. The Morgan fingerprint density at radius 2 is 1.59 bits per heavy atom. The second kappa shape index (κ2) is 10.7. The van der Waals surface area contributed by atoms with Gasteiger partial charge in [-0.25, -0.2) is 12.8 Å². The molecule has 2 aliphatic heterocycles. The second-order valence-corrected chi connectivity index (χ2v) is 10.5. The molecular weight excluding hydrogens is 435 g/mol. The van der Waals surface area contributed by atoms with Crippen molar-refractivity contribution in [3.8, 4) is 0 Å². The highest BCUT2D eigenvalue weighted by Gasteiger charge is 2.34. The summed E-state index contributed by atoms with van der Waals surface area (Å²) in [5.74, 6) is -1.38. The summed E-state index contributed by atoms with van der Waals surface area (Å²) in [5, 5.41) is 0. The minimum absolute atomic E-state index is 0.127. The van der Waals surface area contributed by atoms with Crippen LogP contribution in [-0.2, 0) is 19.6 Å². The van der Waals surface area contributed by atoms with Gasteiger partial charge in [0, 0.05) is 39.3 Å². The van der Waals surface area contributed by atoms with E-state index in [2.05, 4.69) is 4.72 Å². The number of piperidine rings is 1. The van der Waals surface area contributed by atoms with Crippen molar-refractivity contribution in [3.63, 3.8) is 0 Å². The Kier molecular flexibility index (Phi) is 8.24. The number of rotatable bonds is 7. The summed E-state index contributed by atoms with van der Waals surface area (Å²) >= 11 is 0. The van der Waals surface area contributed by atoms with Gasteiger partial charge in [-0.1, -0.05) is 26.0 Å². The molecule has 0 saturated carbocycles. The Morgan fingerprint density at radius 3 is 2.19 bits per heavy atom. The van der Waals surface area contributed by atoms with E-state index in [0.717, 1.165) is 32.0 Å². The molecule has 0 spiro atoms. The van der Waals surface area contributed by atoms with E-state index in [9.17, 15) is 22.4 Å². The molecular formula is C22H33FN4O4S. The number of sulfonamides is 1. The molecule has 0 bridgehead atoms. The highest BCUT2D eigenvalue weighted by Crippen LogP contribution is 2.17. The van der Waals surface area contributed by atoms with Crippen LogP contribution in [-0.4, -0.2) is 86.8 Å². The van der Waals surface area contributed by atoms with Crippen LogP contribution in [0.4, 0.5) is 4.39 Å². The molecule has 1 atom stereocenters. The molecule has 2 amide bonds. The maximum atomic E-state index is 14.0. The van der Waals surface area contributed by atoms with Crippen LogP contribution in [0.5, 0.6) is 0 Å². The first-order chi connectivity index (χ1) is 15.2. The minimum Gasteiger partial charge on any atom is -0.342 e. The van der Waals surface area contributed by atoms with Gasteiger partial charge >= 0.3 is 0 Å². The summed E-state index contributed by atoms with van der Waals surface area (Å²) in [7, 11) is -4.19. The van der Waals surface area contributed by atoms with Crippen LogP contribution < -0.4 is 4.72 Å². The van der Waals surface area contributed by atoms with E-state index in [1.54, 1.807) is 18.7 Å². The van der Waals surface area contributed by atoms with E-state index >= 15 is 0 Å². The van der Waals surface area contributed by atoms with Gasteiger partial charge in [0.2, 0.25) is 21.8 Å². The third-order valence-corrected chi connectivity index (χ3v) is 7.57. The zero-order valence-electron chi connectivity index (χ0n) is 18.8. The number of carbonyl (C=O) groups excluding carboxylic acids is 2. The van der Waals surface area contributed by atoms with Crippen molar-refractivity contribution in [3.05, 3.63) is 30.1 Å². The Bertz CT molecular complexity index is 910. The molecule has 10 heteroatoms. The molecule has 2 heterocycles. The molecule has 2 saturated heterocycles. The largest absolute Gasteiger partial charge is 0.342 e. The average molecular weight is 469 g/mol. The van der Waals surface area contributed by atoms with Gasteiger partial charge in [-0.2, -0.15) is 4.72 Å². The summed E-state index contributed by atoms with van der Waals surface area (Å²) in [5.41, 5.74) is 0. The number of likely N-dealkylation sites (tertiary alicyclic amines) is 1. The fourth-order valence-electron chi connectivity index (χ4n) is 4.12. The first-order valence-corrected chi connectivity index (χ1v) is 12.7. The highest BCUT2D eigenvalue weighted by atomic mass is 32.2. The minimum atomic E-state index is -4.19. The van der Waals surface area contributed by atoms with Crippen LogP contribution in [0.25, 0.3) is 0 Å². The molecule has 8 nitrogen and oxygen atoms in total. The van der Waals surface area contributed by atoms with Crippen LogP contribution in [0, 0.1) is 11.7 Å². The molecule has 1 aromatic carbocycles. The van der Waals surface area contributed by atoms with Crippen molar-refractivity contribution in [2.75, 3.05) is 45.8 Å². The topological polar surface area (TPSA) is 90.0 Å². The summed E-state index contributed by atoms with van der Waals surface area (Å²) in [6, 6.07) is 4.10. The Balaban J connectivity index is 1.58. The summed E-state index contributed by atoms with van der Waals surface area (Å²) < 4.78 is 41.8. The standard InChI is InChI=1S/C22H33FN4O4S/c1-17(2)21(24-32(30,31)19-9-5-4-8-18(19)23)22(29)27-14-12-25(13-15-27)16-20(28)26-10-6-3-7-11-26/h4-5,8-9,17,21,24H,3,6-7,10-16H2,1-2H3/t21-/m0/s1. The number of nitrogens with one attached hydrogen (secondary N) is 1. The Hall–Kier alpha value is -2.04. The molecule has 0 aliphatic carbocycles. The van der Waals surface area contributed by atoms with Crippen molar-refractivity contribution in [1.82, 2.24) is 19.4 Å². The maximum absolute atomic E-state index is 14.0. The number of halogens is 1. The van der Waals surface area contributed by atoms with Crippen molar-refractivity contribution < 1.29 is 22.4 Å². The van der Waals surface area contributed by atoms with Crippen LogP contribution in [0.1, 0.15) is 33.1 Å². The Morgan fingerprint density at radius 1 is 0.969 bits per heavy atom. The number of hydrogen-bond acceptors (Lipinski definition) is 5. The molecule has 32 heavy (non-hydrogen) atoms. The van der Waals surface area contributed by atoms with Crippen LogP contribution in [0.15, 0.2) is 29.2 Å². The van der Waals surface area contributed by atoms with Gasteiger partial charge in [-0.15, -0.1) is 0 Å². The summed E-state index contributed by atoms with van der Waals surface area (Å²) in [6.45, 7) is 7.40. The van der Waals surface area contributed by atoms with E-state index in [0.29, 0.717) is 32.7 Å². The first-order valence-electron chi connectivity index (χ1n) is 11.2. The number of carbonyl (C=O) groups is 2. The quantitative estimate of drug-likeness (QED) is 0.651. The van der Waals surface area contributed by atoms with Crippen LogP contribution in [0.2, 0.25) is 0 Å². The van der Waals surface area contributed by atoms with Gasteiger partial charge in [-0.3, -0.25) is 14.5 Å². The maximum Gasteiger partial charge on any atom is 0.244 e. The van der Waals surface area contributed by atoms with Crippen molar-refractivity contribution in [2.24, 2.45) is 5.92 Å². The van der Waals surface area contributed by atoms with Crippen molar-refractivity contribution in [2.45, 2.75) is 44.0 Å². The van der Waals surface area contributed by atoms with Gasteiger partial charge in [-0.05, 0) is 37.3 Å². The molecule has 2 fully saturated rings. The summed E-state index contributed by atoms with van der Waals surface area (Å²) in [4.78, 5) is 30.7. The fraction of sp³-hybridized carbons (Fsp3) is 0.636. The number of nitrogens with zero attached hydrogens (tertiary/aromatic N) is 3. The first kappa shape index (κ1) is 24.6. The van der Waals surface area contributed by atoms with E-state index < -0.39 is 26.8 Å². The normalized spacial score (nSPS) is 19.2. The third-order valence-electron chi connectivity index (χ3n) is 6.09.